The molecule has 1 amide bonds. The minimum Gasteiger partial charge on any atom is -0.322 e. The zero-order valence-corrected chi connectivity index (χ0v) is 12.1. The molecule has 0 spiro atoms. The Hall–Kier alpha value is -1.28. The maximum Gasteiger partial charge on any atom is 0.316 e. The second kappa shape index (κ2) is 6.76. The van der Waals surface area contributed by atoms with E-state index >= 15 is 0 Å². The molecule has 1 atom stereocenters. The molecule has 1 aromatic carbocycles. The van der Waals surface area contributed by atoms with Gasteiger partial charge in [0.25, 0.3) is 0 Å². The van der Waals surface area contributed by atoms with Crippen molar-refractivity contribution >= 4 is 17.0 Å². The molecule has 1 aliphatic rings. The van der Waals surface area contributed by atoms with Gasteiger partial charge in [0.1, 0.15) is 0 Å². The monoisotopic (exact) mass is 277 g/mol. The van der Waals surface area contributed by atoms with Crippen LogP contribution in [0.5, 0.6) is 0 Å². The molecule has 0 N–H and O–H groups in total. The quantitative estimate of drug-likeness (QED) is 0.447. The second-order valence-electron chi connectivity index (χ2n) is 5.16. The summed E-state index contributed by atoms with van der Waals surface area (Å²) in [7, 11) is 0. The molecule has 1 aliphatic carbocycles. The fourth-order valence-corrected chi connectivity index (χ4v) is 2.67. The summed E-state index contributed by atoms with van der Waals surface area (Å²) < 4.78 is 0. The molecule has 0 saturated heterocycles. The van der Waals surface area contributed by atoms with Crippen molar-refractivity contribution in [3.8, 4) is 0 Å². The van der Waals surface area contributed by atoms with Crippen LogP contribution in [-0.4, -0.2) is 16.3 Å². The van der Waals surface area contributed by atoms with Gasteiger partial charge in [-0.15, -0.1) is 0 Å². The summed E-state index contributed by atoms with van der Waals surface area (Å²) in [6.45, 7) is 2.66. The topological polar surface area (TPSA) is 20.3 Å². The summed E-state index contributed by atoms with van der Waals surface area (Å²) in [5.74, 6) is 0. The largest absolute Gasteiger partial charge is 0.322 e. The van der Waals surface area contributed by atoms with Gasteiger partial charge >= 0.3 is 5.37 Å². The Labute approximate surface area is 120 Å². The van der Waals surface area contributed by atoms with Crippen LogP contribution in [0, 0.1) is 6.92 Å². The van der Waals surface area contributed by atoms with Crippen LogP contribution >= 0.6 is 11.6 Å². The first-order chi connectivity index (χ1) is 9.16. The van der Waals surface area contributed by atoms with Crippen LogP contribution in [0.2, 0.25) is 0 Å². The molecule has 0 radical (unpaired) electrons. The van der Waals surface area contributed by atoms with Crippen LogP contribution in [0.25, 0.3) is 0 Å². The standard InChI is InChI=1S/C16H20ClNO/c1-13-8-10-14(11-9-13)12-18(16(17)19)15-6-4-2-3-5-7-15/h2,4,8-11,15H,3,5-7,12H2,1H3. The van der Waals surface area contributed by atoms with E-state index in [9.17, 15) is 4.79 Å². The van der Waals surface area contributed by atoms with Gasteiger partial charge in [0, 0.05) is 12.6 Å². The summed E-state index contributed by atoms with van der Waals surface area (Å²) >= 11 is 5.77. The van der Waals surface area contributed by atoms with Crippen molar-refractivity contribution < 1.29 is 4.79 Å². The van der Waals surface area contributed by atoms with Gasteiger partial charge < -0.3 is 4.90 Å². The molecule has 0 aliphatic heterocycles. The molecule has 1 aromatic rings. The van der Waals surface area contributed by atoms with Gasteiger partial charge in [-0.25, -0.2) is 0 Å². The highest BCUT2D eigenvalue weighted by Gasteiger charge is 2.22. The van der Waals surface area contributed by atoms with E-state index in [1.807, 2.05) is 0 Å². The van der Waals surface area contributed by atoms with Gasteiger partial charge in [-0.3, -0.25) is 4.79 Å². The third-order valence-corrected chi connectivity index (χ3v) is 3.84. The number of amides is 1. The highest BCUT2D eigenvalue weighted by Crippen LogP contribution is 2.21. The summed E-state index contributed by atoms with van der Waals surface area (Å²) in [4.78, 5) is 13.5. The molecule has 2 nitrogen and oxygen atoms in total. The van der Waals surface area contributed by atoms with Crippen molar-refractivity contribution in [1.29, 1.82) is 0 Å². The van der Waals surface area contributed by atoms with Crippen LogP contribution in [-0.2, 0) is 6.54 Å². The lowest BCUT2D eigenvalue weighted by Crippen LogP contribution is -2.36. The third kappa shape index (κ3) is 4.10. The van der Waals surface area contributed by atoms with Crippen molar-refractivity contribution in [3.63, 3.8) is 0 Å². The minimum atomic E-state index is -0.346. The molecule has 0 fully saturated rings. The Kier molecular flexibility index (Phi) is 5.03. The lowest BCUT2D eigenvalue weighted by Gasteiger charge is -2.29. The van der Waals surface area contributed by atoms with E-state index in [2.05, 4.69) is 43.3 Å². The Morgan fingerprint density at radius 2 is 2.05 bits per heavy atom. The average molecular weight is 278 g/mol. The third-order valence-electron chi connectivity index (χ3n) is 3.62. The number of hydrogen-bond acceptors (Lipinski definition) is 1. The highest BCUT2D eigenvalue weighted by molar-refractivity contribution is 6.62. The number of nitrogens with zero attached hydrogens (tertiary/aromatic N) is 1. The molecular weight excluding hydrogens is 258 g/mol. The van der Waals surface area contributed by atoms with Crippen LogP contribution in [0.1, 0.15) is 36.8 Å². The maximum atomic E-state index is 11.7. The molecule has 0 aromatic heterocycles. The Bertz CT molecular complexity index is 452. The molecule has 0 heterocycles. The Balaban J connectivity index is 2.09. The minimum absolute atomic E-state index is 0.227. The second-order valence-corrected chi connectivity index (χ2v) is 5.48. The van der Waals surface area contributed by atoms with E-state index in [0.29, 0.717) is 6.54 Å². The number of rotatable bonds is 3. The first-order valence-electron chi connectivity index (χ1n) is 6.83. The zero-order chi connectivity index (χ0) is 13.7. The molecule has 2 rings (SSSR count). The van der Waals surface area contributed by atoms with Crippen LogP contribution < -0.4 is 0 Å². The van der Waals surface area contributed by atoms with Crippen molar-refractivity contribution in [1.82, 2.24) is 4.90 Å². The van der Waals surface area contributed by atoms with Gasteiger partial charge in [0.15, 0.2) is 0 Å². The molecule has 19 heavy (non-hydrogen) atoms. The number of hydrogen-bond donors (Lipinski definition) is 0. The van der Waals surface area contributed by atoms with Crippen molar-refractivity contribution in [2.45, 2.75) is 45.2 Å². The molecule has 3 heteroatoms. The zero-order valence-electron chi connectivity index (χ0n) is 11.3. The summed E-state index contributed by atoms with van der Waals surface area (Å²) in [5.41, 5.74) is 2.36. The number of allylic oxidation sites excluding steroid dienone is 1. The fourth-order valence-electron chi connectivity index (χ4n) is 2.47. The number of halogens is 1. The van der Waals surface area contributed by atoms with Gasteiger partial charge in [-0.05, 0) is 49.8 Å². The predicted octanol–water partition coefficient (Wildman–Crippen LogP) is 4.65. The fraction of sp³-hybridized carbons (Fsp3) is 0.438. The van der Waals surface area contributed by atoms with Crippen molar-refractivity contribution in [3.05, 3.63) is 47.5 Å². The number of benzene rings is 1. The van der Waals surface area contributed by atoms with E-state index in [1.165, 1.54) is 5.56 Å². The summed E-state index contributed by atoms with van der Waals surface area (Å²) in [6.07, 6.45) is 8.52. The summed E-state index contributed by atoms with van der Waals surface area (Å²) in [5, 5.41) is -0.346. The Morgan fingerprint density at radius 1 is 1.32 bits per heavy atom. The van der Waals surface area contributed by atoms with Gasteiger partial charge in [-0.2, -0.15) is 0 Å². The van der Waals surface area contributed by atoms with Gasteiger partial charge in [0.2, 0.25) is 0 Å². The van der Waals surface area contributed by atoms with Crippen LogP contribution in [0.4, 0.5) is 4.79 Å². The van der Waals surface area contributed by atoms with Crippen LogP contribution in [0.15, 0.2) is 36.4 Å². The first kappa shape index (κ1) is 14.1. The normalized spacial score (nSPS) is 18.9. The molecule has 0 saturated carbocycles. The van der Waals surface area contributed by atoms with E-state index in [1.54, 1.807) is 4.90 Å². The SMILES string of the molecule is Cc1ccc(CN(C(=O)Cl)C2CC=CCCC2)cc1. The molecule has 102 valence electrons. The van der Waals surface area contributed by atoms with Crippen molar-refractivity contribution in [2.24, 2.45) is 0 Å². The van der Waals surface area contributed by atoms with E-state index in [4.69, 9.17) is 11.6 Å². The van der Waals surface area contributed by atoms with E-state index in [-0.39, 0.29) is 11.4 Å². The van der Waals surface area contributed by atoms with Crippen LogP contribution in [0.3, 0.4) is 0 Å². The predicted molar refractivity (Wildman–Crippen MR) is 79.4 cm³/mol. The van der Waals surface area contributed by atoms with Gasteiger partial charge in [0.05, 0.1) is 0 Å². The average Bonchev–Trinajstić information content (AvgIpc) is 2.66. The first-order valence-corrected chi connectivity index (χ1v) is 7.21. The maximum absolute atomic E-state index is 11.7. The van der Waals surface area contributed by atoms with Crippen molar-refractivity contribution in [2.75, 3.05) is 0 Å². The highest BCUT2D eigenvalue weighted by atomic mass is 35.5. The summed E-state index contributed by atoms with van der Waals surface area (Å²) in [6, 6.07) is 8.49. The van der Waals surface area contributed by atoms with E-state index in [0.717, 1.165) is 31.2 Å². The smallest absolute Gasteiger partial charge is 0.316 e. The molecule has 0 bridgehead atoms. The number of carbonyl (C=O) groups excluding carboxylic acids is 1. The Morgan fingerprint density at radius 3 is 2.74 bits per heavy atom. The lowest BCUT2D eigenvalue weighted by atomic mass is 10.1. The number of aryl methyl sites for hydroxylation is 1. The number of carbonyl (C=O) groups is 1. The molecule has 1 unspecified atom stereocenters. The van der Waals surface area contributed by atoms with E-state index < -0.39 is 0 Å². The van der Waals surface area contributed by atoms with Gasteiger partial charge in [-0.1, -0.05) is 42.0 Å². The molecular formula is C16H20ClNO. The lowest BCUT2D eigenvalue weighted by molar-refractivity contribution is 0.189.